The lowest BCUT2D eigenvalue weighted by molar-refractivity contribution is -0.122. The third-order valence-electron chi connectivity index (χ3n) is 3.78. The average molecular weight is 328 g/mol. The molecule has 1 aromatic carbocycles. The molecule has 0 spiro atoms. The van der Waals surface area contributed by atoms with Crippen LogP contribution in [0.2, 0.25) is 0 Å². The van der Waals surface area contributed by atoms with E-state index in [2.05, 4.69) is 0 Å². The van der Waals surface area contributed by atoms with E-state index in [-0.39, 0.29) is 17.2 Å². The van der Waals surface area contributed by atoms with Crippen LogP contribution in [0.5, 0.6) is 11.5 Å². The maximum atomic E-state index is 12.8. The van der Waals surface area contributed by atoms with Gasteiger partial charge in [0.15, 0.2) is 0 Å². The van der Waals surface area contributed by atoms with Gasteiger partial charge in [0.2, 0.25) is 15.9 Å². The minimum Gasteiger partial charge on any atom is -0.497 e. The van der Waals surface area contributed by atoms with Gasteiger partial charge in [-0.3, -0.25) is 4.79 Å². The van der Waals surface area contributed by atoms with Crippen LogP contribution in [0.3, 0.4) is 0 Å². The largest absolute Gasteiger partial charge is 0.497 e. The van der Waals surface area contributed by atoms with Crippen molar-refractivity contribution in [1.82, 2.24) is 4.31 Å². The molecule has 0 aromatic heterocycles. The highest BCUT2D eigenvalue weighted by atomic mass is 32.2. The molecule has 1 heterocycles. The van der Waals surface area contributed by atoms with Crippen molar-refractivity contribution in [2.24, 2.45) is 11.7 Å². The second kappa shape index (κ2) is 6.53. The summed E-state index contributed by atoms with van der Waals surface area (Å²) in [4.78, 5) is 11.4. The fraction of sp³-hybridized carbons (Fsp3) is 0.500. The lowest BCUT2D eigenvalue weighted by Crippen LogP contribution is -2.44. The van der Waals surface area contributed by atoms with Crippen molar-refractivity contribution in [3.05, 3.63) is 18.2 Å². The predicted octanol–water partition coefficient (Wildman–Crippen LogP) is 0.590. The summed E-state index contributed by atoms with van der Waals surface area (Å²) in [7, 11) is -0.917. The number of hydrogen-bond donors (Lipinski definition) is 1. The van der Waals surface area contributed by atoms with Gasteiger partial charge in [-0.05, 0) is 25.0 Å². The number of ether oxygens (including phenoxy) is 2. The summed E-state index contributed by atoms with van der Waals surface area (Å²) in [5.41, 5.74) is 5.31. The summed E-state index contributed by atoms with van der Waals surface area (Å²) in [6.45, 7) is 0.449. The number of primary amides is 1. The van der Waals surface area contributed by atoms with Crippen LogP contribution in [0, 0.1) is 5.92 Å². The Morgan fingerprint density at radius 2 is 2.05 bits per heavy atom. The number of nitrogens with two attached hydrogens (primary N) is 1. The molecule has 0 aliphatic carbocycles. The van der Waals surface area contributed by atoms with E-state index in [1.807, 2.05) is 0 Å². The van der Waals surface area contributed by atoms with Crippen molar-refractivity contribution >= 4 is 15.9 Å². The van der Waals surface area contributed by atoms with Crippen molar-refractivity contribution in [3.63, 3.8) is 0 Å². The zero-order valence-electron chi connectivity index (χ0n) is 12.6. The number of benzene rings is 1. The van der Waals surface area contributed by atoms with Crippen LogP contribution in [0.1, 0.15) is 12.8 Å². The maximum Gasteiger partial charge on any atom is 0.246 e. The van der Waals surface area contributed by atoms with Crippen molar-refractivity contribution < 1.29 is 22.7 Å². The topological polar surface area (TPSA) is 98.9 Å². The van der Waals surface area contributed by atoms with Crippen LogP contribution in [-0.2, 0) is 14.8 Å². The van der Waals surface area contributed by atoms with Crippen molar-refractivity contribution in [1.29, 1.82) is 0 Å². The molecule has 2 rings (SSSR count). The molecular formula is C14H20N2O5S. The average Bonchev–Trinajstić information content (AvgIpc) is 2.54. The van der Waals surface area contributed by atoms with E-state index < -0.39 is 21.8 Å². The van der Waals surface area contributed by atoms with Gasteiger partial charge in [0.25, 0.3) is 0 Å². The van der Waals surface area contributed by atoms with Gasteiger partial charge in [0, 0.05) is 19.2 Å². The Hall–Kier alpha value is -1.80. The Morgan fingerprint density at radius 1 is 1.32 bits per heavy atom. The van der Waals surface area contributed by atoms with E-state index in [0.29, 0.717) is 25.1 Å². The molecular weight excluding hydrogens is 308 g/mol. The van der Waals surface area contributed by atoms with E-state index in [4.69, 9.17) is 15.2 Å². The third kappa shape index (κ3) is 3.17. The first-order valence-electron chi connectivity index (χ1n) is 6.91. The number of carbonyl (C=O) groups is 1. The third-order valence-corrected chi connectivity index (χ3v) is 5.66. The number of piperidine rings is 1. The Balaban J connectivity index is 2.39. The number of rotatable bonds is 5. The summed E-state index contributed by atoms with van der Waals surface area (Å²) >= 11 is 0. The van der Waals surface area contributed by atoms with Gasteiger partial charge >= 0.3 is 0 Å². The predicted molar refractivity (Wildman–Crippen MR) is 80.2 cm³/mol. The van der Waals surface area contributed by atoms with E-state index in [9.17, 15) is 13.2 Å². The molecule has 122 valence electrons. The van der Waals surface area contributed by atoms with Crippen LogP contribution in [-0.4, -0.2) is 45.9 Å². The molecule has 2 N–H and O–H groups in total. The van der Waals surface area contributed by atoms with Gasteiger partial charge in [-0.25, -0.2) is 8.42 Å². The van der Waals surface area contributed by atoms with Crippen LogP contribution in [0.4, 0.5) is 0 Å². The van der Waals surface area contributed by atoms with Gasteiger partial charge in [0.1, 0.15) is 16.4 Å². The van der Waals surface area contributed by atoms with Gasteiger partial charge < -0.3 is 15.2 Å². The minimum absolute atomic E-state index is 0.0273. The van der Waals surface area contributed by atoms with Crippen LogP contribution in [0.15, 0.2) is 23.1 Å². The Labute approximate surface area is 130 Å². The van der Waals surface area contributed by atoms with Gasteiger partial charge in [-0.15, -0.1) is 0 Å². The van der Waals surface area contributed by atoms with E-state index in [1.165, 1.54) is 24.6 Å². The van der Waals surface area contributed by atoms with E-state index in [1.54, 1.807) is 12.1 Å². The molecule has 0 saturated carbocycles. The maximum absolute atomic E-state index is 12.8. The van der Waals surface area contributed by atoms with Gasteiger partial charge in [0.05, 0.1) is 20.1 Å². The molecule has 1 aromatic rings. The highest BCUT2D eigenvalue weighted by Gasteiger charge is 2.34. The number of amides is 1. The first kappa shape index (κ1) is 16.6. The normalized spacial score (nSPS) is 19.6. The SMILES string of the molecule is COc1ccc(OC)c(S(=O)(=O)N2CCC[C@@H](C(N)=O)C2)c1. The summed E-state index contributed by atoms with van der Waals surface area (Å²) < 4.78 is 37.2. The van der Waals surface area contributed by atoms with Gasteiger partial charge in [-0.1, -0.05) is 0 Å². The molecule has 8 heteroatoms. The van der Waals surface area contributed by atoms with Crippen LogP contribution in [0.25, 0.3) is 0 Å². The summed E-state index contributed by atoms with van der Waals surface area (Å²) in [6.07, 6.45) is 1.20. The molecule has 1 amide bonds. The molecule has 1 atom stereocenters. The van der Waals surface area contributed by atoms with Crippen molar-refractivity contribution in [2.75, 3.05) is 27.3 Å². The van der Waals surface area contributed by atoms with Crippen molar-refractivity contribution in [3.8, 4) is 11.5 Å². The first-order valence-corrected chi connectivity index (χ1v) is 8.35. The standard InChI is InChI=1S/C14H20N2O5S/c1-20-11-5-6-12(21-2)13(8-11)22(18,19)16-7-3-4-10(9-16)14(15)17/h5-6,8,10H,3-4,7,9H2,1-2H3,(H2,15,17)/t10-/m1/s1. The molecule has 7 nitrogen and oxygen atoms in total. The smallest absolute Gasteiger partial charge is 0.246 e. The number of hydrogen-bond acceptors (Lipinski definition) is 5. The second-order valence-electron chi connectivity index (χ2n) is 5.12. The van der Waals surface area contributed by atoms with E-state index >= 15 is 0 Å². The molecule has 0 radical (unpaired) electrons. The van der Waals surface area contributed by atoms with Crippen LogP contribution < -0.4 is 15.2 Å². The monoisotopic (exact) mass is 328 g/mol. The Kier molecular flexibility index (Phi) is 4.92. The molecule has 1 saturated heterocycles. The highest BCUT2D eigenvalue weighted by molar-refractivity contribution is 7.89. The molecule has 0 unspecified atom stereocenters. The first-order chi connectivity index (χ1) is 10.4. The fourth-order valence-corrected chi connectivity index (χ4v) is 4.21. The zero-order chi connectivity index (χ0) is 16.3. The molecule has 1 aliphatic heterocycles. The summed E-state index contributed by atoms with van der Waals surface area (Å²) in [5.74, 6) is -0.275. The summed E-state index contributed by atoms with van der Waals surface area (Å²) in [6, 6.07) is 4.59. The second-order valence-corrected chi connectivity index (χ2v) is 7.03. The van der Waals surface area contributed by atoms with E-state index in [0.717, 1.165) is 0 Å². The Bertz CT molecular complexity index is 659. The number of nitrogens with zero attached hydrogens (tertiary/aromatic N) is 1. The molecule has 22 heavy (non-hydrogen) atoms. The summed E-state index contributed by atoms with van der Waals surface area (Å²) in [5, 5.41) is 0. The molecule has 1 aliphatic rings. The van der Waals surface area contributed by atoms with Gasteiger partial charge in [-0.2, -0.15) is 4.31 Å². The number of methoxy groups -OCH3 is 2. The fourth-order valence-electron chi connectivity index (χ4n) is 2.52. The van der Waals surface area contributed by atoms with Crippen LogP contribution >= 0.6 is 0 Å². The highest BCUT2D eigenvalue weighted by Crippen LogP contribution is 2.32. The van der Waals surface area contributed by atoms with Crippen molar-refractivity contribution in [2.45, 2.75) is 17.7 Å². The lowest BCUT2D eigenvalue weighted by atomic mass is 9.99. The molecule has 1 fully saturated rings. The molecule has 0 bridgehead atoms. The number of carbonyl (C=O) groups excluding carboxylic acids is 1. The minimum atomic E-state index is -3.78. The Morgan fingerprint density at radius 3 is 2.64 bits per heavy atom. The number of sulfonamides is 1. The quantitative estimate of drug-likeness (QED) is 0.853. The lowest BCUT2D eigenvalue weighted by Gasteiger charge is -2.30. The zero-order valence-corrected chi connectivity index (χ0v) is 13.4.